The summed E-state index contributed by atoms with van der Waals surface area (Å²) in [6, 6.07) is 39.1. The lowest BCUT2D eigenvalue weighted by Crippen LogP contribution is -2.68. The first-order valence-corrected chi connectivity index (χ1v) is 21.1. The van der Waals surface area contributed by atoms with Crippen LogP contribution in [0.25, 0.3) is 0 Å². The number of hydrogen-bond donors (Lipinski definition) is 1. The Bertz CT molecular complexity index is 1860. The molecule has 3 saturated heterocycles. The fourth-order valence-electron chi connectivity index (χ4n) is 8.65. The third-order valence-corrected chi connectivity index (χ3v) is 11.6. The van der Waals surface area contributed by atoms with Crippen LogP contribution < -0.4 is 5.32 Å². The van der Waals surface area contributed by atoms with Crippen LogP contribution in [0.15, 0.2) is 121 Å². The van der Waals surface area contributed by atoms with E-state index in [1.807, 2.05) is 128 Å². The number of hydrogen-bond acceptors (Lipinski definition) is 10. The Hall–Kier alpha value is -4.01. The summed E-state index contributed by atoms with van der Waals surface area (Å²) in [6.45, 7) is 4.91. The predicted molar refractivity (Wildman–Crippen MR) is 218 cm³/mol. The van der Waals surface area contributed by atoms with Crippen molar-refractivity contribution in [3.63, 3.8) is 0 Å². The first-order valence-electron chi connectivity index (χ1n) is 21.1. The van der Waals surface area contributed by atoms with E-state index in [1.54, 1.807) is 0 Å². The Morgan fingerprint density at radius 2 is 1.12 bits per heavy atom. The van der Waals surface area contributed by atoms with Crippen molar-refractivity contribution in [1.29, 1.82) is 0 Å². The zero-order chi connectivity index (χ0) is 40.4. The quantitative estimate of drug-likeness (QED) is 0.123. The molecular weight excluding hydrogens is 751 g/mol. The molecule has 1 amide bonds. The van der Waals surface area contributed by atoms with Gasteiger partial charge in [0, 0.05) is 19.8 Å². The number of carbonyl (C=O) groups excluding carboxylic acids is 1. The van der Waals surface area contributed by atoms with E-state index in [4.69, 9.17) is 42.6 Å². The summed E-state index contributed by atoms with van der Waals surface area (Å²) in [5, 5.41) is 3.14. The van der Waals surface area contributed by atoms with Gasteiger partial charge in [-0.3, -0.25) is 4.79 Å². The summed E-state index contributed by atoms with van der Waals surface area (Å²) < 4.78 is 60.9. The fourth-order valence-corrected chi connectivity index (χ4v) is 8.65. The number of amides is 1. The van der Waals surface area contributed by atoms with Crippen molar-refractivity contribution < 1.29 is 47.4 Å². The Morgan fingerprint density at radius 3 is 1.68 bits per heavy atom. The number of carbonyl (C=O) groups is 1. The molecule has 314 valence electrons. The topological polar surface area (TPSA) is 112 Å². The SMILES string of the molecule is CC(=O)N[C@H]1[C@H](O[C@@H]2[C@H]3OC4(CCCCC4)O[C@H]3[C@H](OCc3ccccc3)O[C@H]2C)O[C@H](COCc2ccccc2)[C@@H](OCc2ccccc2)[C@@H]1OCc1ccccc1. The standard InChI is InChI=1S/C48H57NO10/c1-33-41(44-45(59-48(58-44)26-16-7-17-27-48)47(55-33)54-31-38-24-14-6-15-25-38)57-46-40(49-34(2)50)43(53-30-37-22-12-5-13-23-37)42(52-29-36-20-10-4-11-21-36)39(56-46)32-51-28-35-18-8-3-9-19-35/h3-6,8-15,18-25,33,39-47H,7,16-17,26-32H2,1-2H3,(H,49,50)/t33-,39+,40+,41-,42+,43+,44+,45+,46-,47+/m0/s1. The van der Waals surface area contributed by atoms with Crippen molar-refractivity contribution in [2.24, 2.45) is 0 Å². The average Bonchev–Trinajstić information content (AvgIpc) is 3.63. The van der Waals surface area contributed by atoms with E-state index in [2.05, 4.69) is 5.32 Å². The zero-order valence-corrected chi connectivity index (χ0v) is 34.0. The number of benzene rings is 4. The fraction of sp³-hybridized carbons (Fsp3) is 0.479. The molecule has 4 aliphatic rings. The van der Waals surface area contributed by atoms with Crippen LogP contribution >= 0.6 is 0 Å². The molecule has 1 saturated carbocycles. The van der Waals surface area contributed by atoms with Crippen LogP contribution in [0.5, 0.6) is 0 Å². The van der Waals surface area contributed by atoms with Crippen LogP contribution in [0, 0.1) is 0 Å². The predicted octanol–water partition coefficient (Wildman–Crippen LogP) is 7.39. The molecule has 1 aliphatic carbocycles. The minimum absolute atomic E-state index is 0.174. The summed E-state index contributed by atoms with van der Waals surface area (Å²) in [7, 11) is 0. The maximum absolute atomic E-state index is 13.1. The molecule has 3 heterocycles. The molecule has 10 atom stereocenters. The van der Waals surface area contributed by atoms with Crippen LogP contribution in [-0.4, -0.2) is 79.7 Å². The monoisotopic (exact) mass is 807 g/mol. The maximum atomic E-state index is 13.1. The van der Waals surface area contributed by atoms with Crippen LogP contribution in [0.1, 0.15) is 68.2 Å². The van der Waals surface area contributed by atoms with Crippen molar-refractivity contribution in [3.8, 4) is 0 Å². The van der Waals surface area contributed by atoms with Crippen molar-refractivity contribution >= 4 is 5.91 Å². The van der Waals surface area contributed by atoms with E-state index in [9.17, 15) is 4.79 Å². The van der Waals surface area contributed by atoms with Gasteiger partial charge in [-0.25, -0.2) is 0 Å². The number of nitrogens with one attached hydrogen (secondary N) is 1. The van der Waals surface area contributed by atoms with Crippen LogP contribution in [0.3, 0.4) is 0 Å². The molecule has 4 aromatic rings. The largest absolute Gasteiger partial charge is 0.374 e. The molecule has 8 rings (SSSR count). The van der Waals surface area contributed by atoms with Gasteiger partial charge in [0.1, 0.15) is 42.7 Å². The third-order valence-electron chi connectivity index (χ3n) is 11.6. The van der Waals surface area contributed by atoms with Crippen molar-refractivity contribution in [2.75, 3.05) is 6.61 Å². The molecule has 0 aromatic heterocycles. The summed E-state index contributed by atoms with van der Waals surface area (Å²) in [4.78, 5) is 13.1. The van der Waals surface area contributed by atoms with Gasteiger partial charge < -0.3 is 47.9 Å². The van der Waals surface area contributed by atoms with E-state index in [-0.39, 0.29) is 19.1 Å². The maximum Gasteiger partial charge on any atom is 0.217 e. The highest BCUT2D eigenvalue weighted by Gasteiger charge is 2.60. The Morgan fingerprint density at radius 1 is 0.610 bits per heavy atom. The summed E-state index contributed by atoms with van der Waals surface area (Å²) in [6.07, 6.45) is -1.28. The van der Waals surface area contributed by atoms with Gasteiger partial charge >= 0.3 is 0 Å². The average molecular weight is 808 g/mol. The Kier molecular flexibility index (Phi) is 14.2. The Balaban J connectivity index is 1.09. The highest BCUT2D eigenvalue weighted by atomic mass is 16.8. The van der Waals surface area contributed by atoms with Gasteiger partial charge in [0.2, 0.25) is 5.91 Å². The number of rotatable bonds is 16. The molecule has 3 aliphatic heterocycles. The summed E-state index contributed by atoms with van der Waals surface area (Å²) in [5.41, 5.74) is 4.03. The molecule has 1 spiro atoms. The van der Waals surface area contributed by atoms with E-state index in [0.717, 1.165) is 54.4 Å². The van der Waals surface area contributed by atoms with Gasteiger partial charge in [0.05, 0.1) is 39.1 Å². The van der Waals surface area contributed by atoms with Gasteiger partial charge in [-0.15, -0.1) is 0 Å². The second-order valence-corrected chi connectivity index (χ2v) is 16.0. The summed E-state index contributed by atoms with van der Waals surface area (Å²) in [5.74, 6) is -1.02. The lowest BCUT2D eigenvalue weighted by molar-refractivity contribution is -0.337. The van der Waals surface area contributed by atoms with Gasteiger partial charge in [-0.05, 0) is 42.0 Å². The normalized spacial score (nSPS) is 30.1. The molecule has 59 heavy (non-hydrogen) atoms. The first kappa shape index (κ1) is 41.7. The molecule has 4 aromatic carbocycles. The molecule has 0 bridgehead atoms. The molecule has 1 N–H and O–H groups in total. The highest BCUT2D eigenvalue weighted by Crippen LogP contribution is 2.46. The lowest BCUT2D eigenvalue weighted by Gasteiger charge is -2.49. The minimum atomic E-state index is -1.01. The molecule has 0 radical (unpaired) electrons. The van der Waals surface area contributed by atoms with Crippen molar-refractivity contribution in [3.05, 3.63) is 144 Å². The summed E-state index contributed by atoms with van der Waals surface area (Å²) >= 11 is 0. The number of fused-ring (bicyclic) bond motifs is 1. The molecular formula is C48H57NO10. The highest BCUT2D eigenvalue weighted by molar-refractivity contribution is 5.73. The first-order chi connectivity index (χ1) is 28.9. The second-order valence-electron chi connectivity index (χ2n) is 16.0. The minimum Gasteiger partial charge on any atom is -0.374 e. The molecule has 11 nitrogen and oxygen atoms in total. The lowest BCUT2D eigenvalue weighted by atomic mass is 9.94. The molecule has 4 fully saturated rings. The van der Waals surface area contributed by atoms with Crippen LogP contribution in [0.4, 0.5) is 0 Å². The number of ether oxygens (including phenoxy) is 9. The Labute approximate surface area is 347 Å². The van der Waals surface area contributed by atoms with Gasteiger partial charge in [0.25, 0.3) is 0 Å². The van der Waals surface area contributed by atoms with Crippen LogP contribution in [0.2, 0.25) is 0 Å². The van der Waals surface area contributed by atoms with Gasteiger partial charge in [-0.2, -0.15) is 0 Å². The molecule has 0 unspecified atom stereocenters. The van der Waals surface area contributed by atoms with E-state index < -0.39 is 67.1 Å². The zero-order valence-electron chi connectivity index (χ0n) is 34.0. The van der Waals surface area contributed by atoms with Gasteiger partial charge in [-0.1, -0.05) is 128 Å². The third kappa shape index (κ3) is 10.7. The second kappa shape index (κ2) is 20.0. The van der Waals surface area contributed by atoms with E-state index in [0.29, 0.717) is 19.8 Å². The van der Waals surface area contributed by atoms with E-state index >= 15 is 0 Å². The van der Waals surface area contributed by atoms with E-state index in [1.165, 1.54) is 6.92 Å². The van der Waals surface area contributed by atoms with Gasteiger partial charge in [0.15, 0.2) is 18.4 Å². The van der Waals surface area contributed by atoms with Crippen molar-refractivity contribution in [1.82, 2.24) is 5.32 Å². The van der Waals surface area contributed by atoms with Crippen molar-refractivity contribution in [2.45, 2.75) is 140 Å². The smallest absolute Gasteiger partial charge is 0.217 e. The molecule has 11 heteroatoms. The van der Waals surface area contributed by atoms with Crippen LogP contribution in [-0.2, 0) is 73.9 Å².